The van der Waals surface area contributed by atoms with Gasteiger partial charge in [-0.1, -0.05) is 12.1 Å². The highest BCUT2D eigenvalue weighted by Crippen LogP contribution is 2.16. The Morgan fingerprint density at radius 2 is 2.33 bits per heavy atom. The number of anilines is 1. The molecule has 0 bridgehead atoms. The summed E-state index contributed by atoms with van der Waals surface area (Å²) < 4.78 is 5.48. The van der Waals surface area contributed by atoms with Gasteiger partial charge >= 0.3 is 0 Å². The van der Waals surface area contributed by atoms with E-state index in [0.29, 0.717) is 5.92 Å². The fraction of sp³-hybridized carbons (Fsp3) is 0.600. The van der Waals surface area contributed by atoms with E-state index in [1.165, 1.54) is 24.1 Å². The lowest BCUT2D eigenvalue weighted by Crippen LogP contribution is -2.24. The molecule has 1 fully saturated rings. The lowest BCUT2D eigenvalue weighted by atomic mass is 10.0. The van der Waals surface area contributed by atoms with Crippen molar-refractivity contribution >= 4 is 5.69 Å². The first-order chi connectivity index (χ1) is 8.88. The Morgan fingerprint density at radius 1 is 1.39 bits per heavy atom. The van der Waals surface area contributed by atoms with E-state index in [-0.39, 0.29) is 6.61 Å². The molecule has 1 aliphatic rings. The Morgan fingerprint density at radius 3 is 3.11 bits per heavy atom. The van der Waals surface area contributed by atoms with Gasteiger partial charge in [0, 0.05) is 25.4 Å². The average Bonchev–Trinajstić information content (AvgIpc) is 2.44. The molecule has 0 aromatic heterocycles. The Bertz CT molecular complexity index is 348. The number of hydrogen-bond acceptors (Lipinski definition) is 3. The minimum absolute atomic E-state index is 0.261. The lowest BCUT2D eigenvalue weighted by molar-refractivity contribution is 0.0595. The molecule has 1 aromatic carbocycles. The van der Waals surface area contributed by atoms with Crippen LogP contribution in [0, 0.1) is 5.92 Å². The fourth-order valence-corrected chi connectivity index (χ4v) is 2.35. The van der Waals surface area contributed by atoms with Gasteiger partial charge in [0.25, 0.3) is 0 Å². The predicted molar refractivity (Wildman–Crippen MR) is 73.9 cm³/mol. The van der Waals surface area contributed by atoms with Gasteiger partial charge in [-0.3, -0.25) is 0 Å². The lowest BCUT2D eigenvalue weighted by Gasteiger charge is -2.22. The molecule has 1 heterocycles. The van der Waals surface area contributed by atoms with Crippen molar-refractivity contribution in [1.82, 2.24) is 0 Å². The molecule has 1 aromatic rings. The van der Waals surface area contributed by atoms with Crippen LogP contribution in [-0.4, -0.2) is 31.5 Å². The highest BCUT2D eigenvalue weighted by Gasteiger charge is 2.13. The van der Waals surface area contributed by atoms with Crippen LogP contribution in [0.4, 0.5) is 5.69 Å². The van der Waals surface area contributed by atoms with Crippen molar-refractivity contribution in [2.24, 2.45) is 5.92 Å². The summed E-state index contributed by atoms with van der Waals surface area (Å²) in [6.45, 7) is 3.06. The van der Waals surface area contributed by atoms with Crippen LogP contribution in [0.1, 0.15) is 24.8 Å². The van der Waals surface area contributed by atoms with Crippen LogP contribution in [0.3, 0.4) is 0 Å². The van der Waals surface area contributed by atoms with Crippen LogP contribution >= 0.6 is 0 Å². The van der Waals surface area contributed by atoms with Gasteiger partial charge in [-0.05, 0) is 49.3 Å². The number of aliphatic hydroxyl groups excluding tert-OH is 1. The number of nitrogens with one attached hydrogen (secondary N) is 1. The van der Waals surface area contributed by atoms with E-state index in [4.69, 9.17) is 9.84 Å². The second kappa shape index (κ2) is 7.39. The Labute approximate surface area is 109 Å². The molecule has 1 unspecified atom stereocenters. The number of aryl methyl sites for hydroxylation is 1. The third kappa shape index (κ3) is 4.31. The normalized spacial score (nSPS) is 19.7. The molecule has 1 aliphatic heterocycles. The van der Waals surface area contributed by atoms with E-state index in [9.17, 15) is 0 Å². The topological polar surface area (TPSA) is 41.5 Å². The minimum atomic E-state index is 0.261. The molecule has 0 amide bonds. The summed E-state index contributed by atoms with van der Waals surface area (Å²) in [5.74, 6) is 0.639. The van der Waals surface area contributed by atoms with Crippen molar-refractivity contribution in [1.29, 1.82) is 0 Å². The summed E-state index contributed by atoms with van der Waals surface area (Å²) in [4.78, 5) is 0. The van der Waals surface area contributed by atoms with Gasteiger partial charge in [0.1, 0.15) is 0 Å². The van der Waals surface area contributed by atoms with E-state index in [0.717, 1.165) is 32.6 Å². The molecule has 2 N–H and O–H groups in total. The SMILES string of the molecule is OCCCc1cccc(NCC2CCCOC2)c1. The van der Waals surface area contributed by atoms with E-state index in [2.05, 4.69) is 29.6 Å². The molecule has 18 heavy (non-hydrogen) atoms. The molecule has 2 rings (SSSR count). The van der Waals surface area contributed by atoms with Crippen LogP contribution in [-0.2, 0) is 11.2 Å². The second-order valence-corrected chi connectivity index (χ2v) is 4.99. The van der Waals surface area contributed by atoms with Gasteiger partial charge in [-0.25, -0.2) is 0 Å². The number of hydrogen-bond donors (Lipinski definition) is 2. The van der Waals surface area contributed by atoms with Gasteiger partial charge in [0.2, 0.25) is 0 Å². The van der Waals surface area contributed by atoms with Gasteiger partial charge in [-0.15, -0.1) is 0 Å². The third-order valence-electron chi connectivity index (χ3n) is 3.40. The molecule has 0 spiro atoms. The van der Waals surface area contributed by atoms with Gasteiger partial charge in [0.15, 0.2) is 0 Å². The minimum Gasteiger partial charge on any atom is -0.396 e. The van der Waals surface area contributed by atoms with Crippen molar-refractivity contribution in [2.45, 2.75) is 25.7 Å². The molecule has 0 saturated carbocycles. The second-order valence-electron chi connectivity index (χ2n) is 4.99. The largest absolute Gasteiger partial charge is 0.396 e. The fourth-order valence-electron chi connectivity index (χ4n) is 2.35. The molecule has 1 saturated heterocycles. The summed E-state index contributed by atoms with van der Waals surface area (Å²) in [6.07, 6.45) is 4.22. The summed E-state index contributed by atoms with van der Waals surface area (Å²) in [5, 5.41) is 12.3. The summed E-state index contributed by atoms with van der Waals surface area (Å²) in [7, 11) is 0. The molecule has 1 atom stereocenters. The maximum Gasteiger partial charge on any atom is 0.0511 e. The predicted octanol–water partition coefficient (Wildman–Crippen LogP) is 2.45. The number of rotatable bonds is 6. The van der Waals surface area contributed by atoms with Gasteiger partial charge in [-0.2, -0.15) is 0 Å². The Balaban J connectivity index is 1.80. The first-order valence-corrected chi connectivity index (χ1v) is 6.90. The maximum absolute atomic E-state index is 8.84. The van der Waals surface area contributed by atoms with Crippen molar-refractivity contribution in [3.05, 3.63) is 29.8 Å². The molecular formula is C15H23NO2. The monoisotopic (exact) mass is 249 g/mol. The van der Waals surface area contributed by atoms with Gasteiger partial charge in [0.05, 0.1) is 6.61 Å². The summed E-state index contributed by atoms with van der Waals surface area (Å²) in [6, 6.07) is 8.47. The highest BCUT2D eigenvalue weighted by atomic mass is 16.5. The number of ether oxygens (including phenoxy) is 1. The molecule has 100 valence electrons. The first kappa shape index (κ1) is 13.4. The molecule has 3 nitrogen and oxygen atoms in total. The smallest absolute Gasteiger partial charge is 0.0511 e. The van der Waals surface area contributed by atoms with E-state index in [1.54, 1.807) is 0 Å². The summed E-state index contributed by atoms with van der Waals surface area (Å²) >= 11 is 0. The quantitative estimate of drug-likeness (QED) is 0.813. The molecule has 0 radical (unpaired) electrons. The number of benzene rings is 1. The van der Waals surface area contributed by atoms with Crippen molar-refractivity contribution in [2.75, 3.05) is 31.7 Å². The van der Waals surface area contributed by atoms with Crippen molar-refractivity contribution in [3.63, 3.8) is 0 Å². The zero-order valence-electron chi connectivity index (χ0n) is 10.9. The highest BCUT2D eigenvalue weighted by molar-refractivity contribution is 5.45. The first-order valence-electron chi connectivity index (χ1n) is 6.90. The average molecular weight is 249 g/mol. The maximum atomic E-state index is 8.84. The van der Waals surface area contributed by atoms with Crippen LogP contribution in [0.15, 0.2) is 24.3 Å². The van der Waals surface area contributed by atoms with E-state index < -0.39 is 0 Å². The third-order valence-corrected chi connectivity index (χ3v) is 3.40. The molecule has 0 aliphatic carbocycles. The standard InChI is InChI=1S/C15H23NO2/c17-8-2-5-13-4-1-7-15(10-13)16-11-14-6-3-9-18-12-14/h1,4,7,10,14,16-17H,2-3,5-6,8-9,11-12H2. The van der Waals surface area contributed by atoms with Crippen LogP contribution in [0.2, 0.25) is 0 Å². The Hall–Kier alpha value is -1.06. The Kier molecular flexibility index (Phi) is 5.49. The zero-order valence-corrected chi connectivity index (χ0v) is 10.9. The van der Waals surface area contributed by atoms with Crippen molar-refractivity contribution in [3.8, 4) is 0 Å². The van der Waals surface area contributed by atoms with Gasteiger partial charge < -0.3 is 15.2 Å². The molecular weight excluding hydrogens is 226 g/mol. The van der Waals surface area contributed by atoms with E-state index in [1.807, 2.05) is 0 Å². The zero-order chi connectivity index (χ0) is 12.6. The van der Waals surface area contributed by atoms with Crippen molar-refractivity contribution < 1.29 is 9.84 Å². The molecule has 3 heteroatoms. The van der Waals surface area contributed by atoms with Crippen LogP contribution in [0.5, 0.6) is 0 Å². The van der Waals surface area contributed by atoms with E-state index >= 15 is 0 Å². The number of aliphatic hydroxyl groups is 1. The van der Waals surface area contributed by atoms with Crippen LogP contribution in [0.25, 0.3) is 0 Å². The van der Waals surface area contributed by atoms with Crippen LogP contribution < -0.4 is 5.32 Å². The summed E-state index contributed by atoms with van der Waals surface area (Å²) in [5.41, 5.74) is 2.46.